The van der Waals surface area contributed by atoms with Gasteiger partial charge in [0.05, 0.1) is 33.4 Å². The molecule has 4 aromatic carbocycles. The van der Waals surface area contributed by atoms with Gasteiger partial charge in [0.15, 0.2) is 0 Å². The SMILES string of the molecule is CC(C)(C)c1ccc2c(O)c1C(=O)c1ccc(C(C)(C)C)c(c1O)C(=O)c1c(C(C)(C)C)ccc(c1O)C(=O)c1c(C(C)(C)C)ccc(c1O)C2. The van der Waals surface area contributed by atoms with Crippen LogP contribution in [-0.4, -0.2) is 37.8 Å². The van der Waals surface area contributed by atoms with Crippen molar-refractivity contribution in [3.8, 4) is 23.0 Å². The Morgan fingerprint density at radius 2 is 0.627 bits per heavy atom. The first kappa shape index (κ1) is 37.3. The van der Waals surface area contributed by atoms with E-state index in [0.717, 1.165) is 0 Å². The molecule has 0 aromatic heterocycles. The first-order valence-corrected chi connectivity index (χ1v) is 17.4. The smallest absolute Gasteiger partial charge is 0.201 e. The Labute approximate surface area is 301 Å². The monoisotopic (exact) mass is 690 g/mol. The quantitative estimate of drug-likeness (QED) is 0.127. The summed E-state index contributed by atoms with van der Waals surface area (Å²) in [5, 5.41) is 48.0. The highest BCUT2D eigenvalue weighted by Gasteiger charge is 2.38. The molecule has 0 radical (unpaired) electrons. The van der Waals surface area contributed by atoms with Gasteiger partial charge in [-0.25, -0.2) is 0 Å². The van der Waals surface area contributed by atoms with Gasteiger partial charge in [-0.15, -0.1) is 0 Å². The van der Waals surface area contributed by atoms with Crippen LogP contribution in [0.1, 0.15) is 164 Å². The molecule has 268 valence electrons. The van der Waals surface area contributed by atoms with Gasteiger partial charge >= 0.3 is 0 Å². The molecule has 4 N–H and O–H groups in total. The van der Waals surface area contributed by atoms with E-state index in [9.17, 15) is 30.0 Å². The normalized spacial score (nSPS) is 14.2. The Morgan fingerprint density at radius 1 is 0.373 bits per heavy atom. The highest BCUT2D eigenvalue weighted by Crippen LogP contribution is 2.45. The van der Waals surface area contributed by atoms with Crippen LogP contribution in [0.4, 0.5) is 0 Å². The summed E-state index contributed by atoms with van der Waals surface area (Å²) < 4.78 is 0. The van der Waals surface area contributed by atoms with Crippen LogP contribution in [0.2, 0.25) is 0 Å². The fraction of sp³-hybridized carbons (Fsp3) is 0.386. The molecule has 0 saturated heterocycles. The molecule has 8 bridgehead atoms. The number of ketones is 3. The molecular weight excluding hydrogens is 640 g/mol. The van der Waals surface area contributed by atoms with Crippen molar-refractivity contribution >= 4 is 17.3 Å². The van der Waals surface area contributed by atoms with Gasteiger partial charge in [0.1, 0.15) is 23.0 Å². The molecular formula is C44H50O7. The summed E-state index contributed by atoms with van der Waals surface area (Å²) in [5.41, 5.74) is -0.954. The standard InChI is InChI=1S/C44H50O7/c1-41(2,3)26-17-13-22-21-23-14-18-27(42(4,5)6)31(35(23)46)37(48)25-16-20-29(44(10,11)12)33(39(25)50)40(51)32-28(43(7,8)9)19-15-24(38(32)49)36(47)30(26)34(22)45/h13-20,45-46,49-50H,21H2,1-12H3. The molecule has 5 rings (SSSR count). The molecule has 51 heavy (non-hydrogen) atoms. The zero-order valence-corrected chi connectivity index (χ0v) is 31.8. The number of phenols is 4. The van der Waals surface area contributed by atoms with Gasteiger partial charge in [-0.05, 0) is 67.2 Å². The van der Waals surface area contributed by atoms with Crippen molar-refractivity contribution in [1.82, 2.24) is 0 Å². The maximum absolute atomic E-state index is 15.1. The average Bonchev–Trinajstić information content (AvgIpc) is 2.98. The van der Waals surface area contributed by atoms with E-state index in [2.05, 4.69) is 0 Å². The highest BCUT2D eigenvalue weighted by molar-refractivity contribution is 6.21. The highest BCUT2D eigenvalue weighted by atomic mass is 16.3. The summed E-state index contributed by atoms with van der Waals surface area (Å²) in [7, 11) is 0. The molecule has 4 aromatic rings. The lowest BCUT2D eigenvalue weighted by atomic mass is 9.75. The van der Waals surface area contributed by atoms with Crippen LogP contribution in [-0.2, 0) is 28.1 Å². The van der Waals surface area contributed by atoms with Crippen LogP contribution in [0.5, 0.6) is 23.0 Å². The van der Waals surface area contributed by atoms with E-state index in [1.54, 1.807) is 36.4 Å². The number of fused-ring (bicyclic) bond motifs is 8. The fourth-order valence-corrected chi connectivity index (χ4v) is 7.12. The first-order chi connectivity index (χ1) is 23.3. The Kier molecular flexibility index (Phi) is 8.87. The third kappa shape index (κ3) is 6.32. The van der Waals surface area contributed by atoms with Crippen LogP contribution < -0.4 is 0 Å². The molecule has 0 amide bonds. The largest absolute Gasteiger partial charge is 0.507 e. The van der Waals surface area contributed by atoms with Gasteiger partial charge in [-0.2, -0.15) is 0 Å². The molecule has 7 heteroatoms. The van der Waals surface area contributed by atoms with Gasteiger partial charge < -0.3 is 20.4 Å². The van der Waals surface area contributed by atoms with Crippen molar-refractivity contribution in [1.29, 1.82) is 0 Å². The molecule has 1 aliphatic rings. The summed E-state index contributed by atoms with van der Waals surface area (Å²) in [5.74, 6) is -3.94. The van der Waals surface area contributed by atoms with Crippen molar-refractivity contribution in [2.75, 3.05) is 0 Å². The summed E-state index contributed by atoms with van der Waals surface area (Å²) >= 11 is 0. The van der Waals surface area contributed by atoms with E-state index in [-0.39, 0.29) is 51.3 Å². The van der Waals surface area contributed by atoms with E-state index < -0.39 is 50.5 Å². The molecule has 1 aliphatic carbocycles. The van der Waals surface area contributed by atoms with E-state index in [0.29, 0.717) is 33.4 Å². The molecule has 7 nitrogen and oxygen atoms in total. The second-order valence-electron chi connectivity index (χ2n) is 17.9. The Hall–Kier alpha value is -4.91. The van der Waals surface area contributed by atoms with E-state index in [1.807, 2.05) is 83.1 Å². The maximum atomic E-state index is 15.1. The Morgan fingerprint density at radius 3 is 0.902 bits per heavy atom. The van der Waals surface area contributed by atoms with Gasteiger partial charge in [-0.3, -0.25) is 14.4 Å². The lowest BCUT2D eigenvalue weighted by molar-refractivity contribution is 0.102. The number of benzene rings is 4. The first-order valence-electron chi connectivity index (χ1n) is 17.4. The molecule has 0 spiro atoms. The van der Waals surface area contributed by atoms with E-state index in [4.69, 9.17) is 0 Å². The topological polar surface area (TPSA) is 132 Å². The molecule has 0 unspecified atom stereocenters. The lowest BCUT2D eigenvalue weighted by Gasteiger charge is -2.29. The zero-order chi connectivity index (χ0) is 38.3. The van der Waals surface area contributed by atoms with Crippen LogP contribution in [0.15, 0.2) is 48.5 Å². The van der Waals surface area contributed by atoms with Crippen molar-refractivity contribution in [2.45, 2.75) is 111 Å². The number of carbonyl (C=O) groups is 3. The third-order valence-corrected chi connectivity index (χ3v) is 9.89. The van der Waals surface area contributed by atoms with Crippen LogP contribution >= 0.6 is 0 Å². The van der Waals surface area contributed by atoms with Crippen LogP contribution in [0.25, 0.3) is 0 Å². The van der Waals surface area contributed by atoms with Crippen molar-refractivity contribution < 1.29 is 34.8 Å². The summed E-state index contributed by atoms with van der Waals surface area (Å²) in [4.78, 5) is 44.4. The molecule has 0 heterocycles. The zero-order valence-electron chi connectivity index (χ0n) is 31.8. The minimum Gasteiger partial charge on any atom is -0.507 e. The second kappa shape index (κ2) is 12.1. The number of rotatable bonds is 0. The van der Waals surface area contributed by atoms with Gasteiger partial charge in [-0.1, -0.05) is 119 Å². The van der Waals surface area contributed by atoms with Crippen molar-refractivity contribution in [3.63, 3.8) is 0 Å². The predicted octanol–water partition coefficient (Wildman–Crippen LogP) is 9.30. The molecule has 0 fully saturated rings. The molecule has 0 saturated carbocycles. The van der Waals surface area contributed by atoms with E-state index in [1.165, 1.54) is 12.1 Å². The van der Waals surface area contributed by atoms with Crippen molar-refractivity contribution in [3.05, 3.63) is 115 Å². The lowest BCUT2D eigenvalue weighted by Crippen LogP contribution is -2.24. The summed E-state index contributed by atoms with van der Waals surface area (Å²) in [6, 6.07) is 13.1. The Balaban J connectivity index is 2.04. The number of carbonyl (C=O) groups excluding carboxylic acids is 3. The number of hydrogen-bond acceptors (Lipinski definition) is 7. The molecule has 0 aliphatic heterocycles. The predicted molar refractivity (Wildman–Crippen MR) is 200 cm³/mol. The minimum absolute atomic E-state index is 0.0355. The number of hydrogen-bond donors (Lipinski definition) is 4. The summed E-state index contributed by atoms with van der Waals surface area (Å²) in [6.07, 6.45) is -0.0358. The van der Waals surface area contributed by atoms with Crippen LogP contribution in [0, 0.1) is 0 Å². The molecule has 0 atom stereocenters. The minimum atomic E-state index is -0.765. The van der Waals surface area contributed by atoms with Gasteiger partial charge in [0, 0.05) is 6.42 Å². The average molecular weight is 691 g/mol. The number of aromatic hydroxyl groups is 4. The maximum Gasteiger partial charge on any atom is 0.201 e. The van der Waals surface area contributed by atoms with Crippen molar-refractivity contribution in [2.24, 2.45) is 0 Å². The van der Waals surface area contributed by atoms with E-state index >= 15 is 4.79 Å². The Bertz CT molecular complexity index is 1990. The number of phenolic OH excluding ortho intramolecular Hbond substituents is 4. The van der Waals surface area contributed by atoms with Crippen LogP contribution in [0.3, 0.4) is 0 Å². The fourth-order valence-electron chi connectivity index (χ4n) is 7.12. The summed E-state index contributed by atoms with van der Waals surface area (Å²) in [6.45, 7) is 22.6. The third-order valence-electron chi connectivity index (χ3n) is 9.89. The van der Waals surface area contributed by atoms with Gasteiger partial charge in [0.25, 0.3) is 0 Å². The second-order valence-corrected chi connectivity index (χ2v) is 17.9. The van der Waals surface area contributed by atoms with Gasteiger partial charge in [0.2, 0.25) is 17.3 Å².